The van der Waals surface area contributed by atoms with Crippen LogP contribution < -0.4 is 14.8 Å². The monoisotopic (exact) mass is 310 g/mol. The first kappa shape index (κ1) is 15.1. The van der Waals surface area contributed by atoms with Gasteiger partial charge in [0.1, 0.15) is 11.4 Å². The number of amides is 1. The number of anilines is 1. The van der Waals surface area contributed by atoms with E-state index in [0.717, 1.165) is 6.07 Å². The predicted molar refractivity (Wildman–Crippen MR) is 76.7 cm³/mol. The molecule has 21 heavy (non-hydrogen) atoms. The number of nitrogens with one attached hydrogen (secondary N) is 1. The number of halogens is 2. The maximum atomic E-state index is 13.7. The average Bonchev–Trinajstić information content (AvgIpc) is 2.49. The maximum absolute atomic E-state index is 13.7. The molecule has 0 bridgehead atoms. The molecule has 7 heteroatoms. The summed E-state index contributed by atoms with van der Waals surface area (Å²) in [4.78, 5) is 16.1. The van der Waals surface area contributed by atoms with Gasteiger partial charge in [-0.25, -0.2) is 4.39 Å². The van der Waals surface area contributed by atoms with Crippen LogP contribution in [0.2, 0.25) is 5.02 Å². The van der Waals surface area contributed by atoms with Crippen molar-refractivity contribution in [1.29, 1.82) is 0 Å². The number of rotatable bonds is 4. The summed E-state index contributed by atoms with van der Waals surface area (Å²) in [6.07, 6.45) is 0. The van der Waals surface area contributed by atoms with Gasteiger partial charge in [0.15, 0.2) is 0 Å². The maximum Gasteiger partial charge on any atom is 0.261 e. The van der Waals surface area contributed by atoms with Crippen LogP contribution in [-0.4, -0.2) is 25.1 Å². The molecule has 0 aliphatic rings. The lowest BCUT2D eigenvalue weighted by molar-refractivity contribution is 0.102. The van der Waals surface area contributed by atoms with Gasteiger partial charge in [0.05, 0.1) is 19.9 Å². The van der Waals surface area contributed by atoms with Crippen molar-refractivity contribution >= 4 is 23.2 Å². The molecule has 5 nitrogen and oxygen atoms in total. The minimum Gasteiger partial charge on any atom is -0.481 e. The predicted octanol–water partition coefficient (Wildman–Crippen LogP) is 3.14. The summed E-state index contributed by atoms with van der Waals surface area (Å²) < 4.78 is 23.6. The van der Waals surface area contributed by atoms with Crippen LogP contribution in [0.1, 0.15) is 10.4 Å². The zero-order valence-corrected chi connectivity index (χ0v) is 12.1. The van der Waals surface area contributed by atoms with E-state index in [4.69, 9.17) is 21.1 Å². The number of carbonyl (C=O) groups excluding carboxylic acids is 1. The third kappa shape index (κ3) is 3.41. The molecule has 0 saturated heterocycles. The standard InChI is InChI=1S/C14H12ClFN2O3/c1-20-12-6-4-9(14(18-12)21-2)13(19)17-11-5-3-8(15)7-10(11)16/h3-7H,1-2H3,(H,17,19). The second-order valence-corrected chi connectivity index (χ2v) is 4.43. The summed E-state index contributed by atoms with van der Waals surface area (Å²) in [5.74, 6) is -0.790. The molecule has 1 aromatic heterocycles. The summed E-state index contributed by atoms with van der Waals surface area (Å²) in [6.45, 7) is 0. The zero-order chi connectivity index (χ0) is 15.4. The van der Waals surface area contributed by atoms with Gasteiger partial charge in [-0.3, -0.25) is 4.79 Å². The molecule has 1 N–H and O–H groups in total. The van der Waals surface area contributed by atoms with Crippen LogP contribution in [0.15, 0.2) is 30.3 Å². The molecule has 0 aliphatic heterocycles. The van der Waals surface area contributed by atoms with Crippen molar-refractivity contribution in [3.8, 4) is 11.8 Å². The Hall–Kier alpha value is -2.34. The highest BCUT2D eigenvalue weighted by Gasteiger charge is 2.16. The molecule has 0 radical (unpaired) electrons. The van der Waals surface area contributed by atoms with Gasteiger partial charge in [-0.1, -0.05) is 11.6 Å². The minimum atomic E-state index is -0.628. The molecule has 110 valence electrons. The molecule has 0 spiro atoms. The molecule has 1 heterocycles. The van der Waals surface area contributed by atoms with Gasteiger partial charge in [-0.05, 0) is 24.3 Å². The fourth-order valence-corrected chi connectivity index (χ4v) is 1.80. The van der Waals surface area contributed by atoms with Crippen LogP contribution >= 0.6 is 11.6 Å². The van der Waals surface area contributed by atoms with Gasteiger partial charge in [0, 0.05) is 11.1 Å². The van der Waals surface area contributed by atoms with E-state index in [2.05, 4.69) is 10.3 Å². The molecule has 2 rings (SSSR count). The van der Waals surface area contributed by atoms with Gasteiger partial charge in [-0.15, -0.1) is 0 Å². The first-order valence-electron chi connectivity index (χ1n) is 5.90. The average molecular weight is 311 g/mol. The van der Waals surface area contributed by atoms with E-state index in [0.29, 0.717) is 5.88 Å². The van der Waals surface area contributed by atoms with Crippen molar-refractivity contribution < 1.29 is 18.7 Å². The molecule has 0 saturated carbocycles. The quantitative estimate of drug-likeness (QED) is 0.942. The number of carbonyl (C=O) groups is 1. The highest BCUT2D eigenvalue weighted by atomic mass is 35.5. The summed E-state index contributed by atoms with van der Waals surface area (Å²) in [6, 6.07) is 6.95. The molecule has 0 aliphatic carbocycles. The topological polar surface area (TPSA) is 60.5 Å². The van der Waals surface area contributed by atoms with Crippen LogP contribution in [0, 0.1) is 5.82 Å². The highest BCUT2D eigenvalue weighted by molar-refractivity contribution is 6.30. The fraction of sp³-hybridized carbons (Fsp3) is 0.143. The number of hydrogen-bond donors (Lipinski definition) is 1. The van der Waals surface area contributed by atoms with E-state index in [9.17, 15) is 9.18 Å². The van der Waals surface area contributed by atoms with E-state index >= 15 is 0 Å². The van der Waals surface area contributed by atoms with Crippen molar-refractivity contribution in [3.63, 3.8) is 0 Å². The number of aromatic nitrogens is 1. The lowest BCUT2D eigenvalue weighted by Crippen LogP contribution is -2.15. The second-order valence-electron chi connectivity index (χ2n) is 3.99. The highest BCUT2D eigenvalue weighted by Crippen LogP contribution is 2.23. The Morgan fingerprint density at radius 2 is 2.00 bits per heavy atom. The molecule has 0 unspecified atom stereocenters. The molecule has 0 atom stereocenters. The van der Waals surface area contributed by atoms with Gasteiger partial charge in [0.25, 0.3) is 5.91 Å². The van der Waals surface area contributed by atoms with Crippen molar-refractivity contribution in [2.45, 2.75) is 0 Å². The van der Waals surface area contributed by atoms with Crippen LogP contribution in [0.4, 0.5) is 10.1 Å². The van der Waals surface area contributed by atoms with E-state index < -0.39 is 11.7 Å². The van der Waals surface area contributed by atoms with E-state index in [1.54, 1.807) is 0 Å². The smallest absolute Gasteiger partial charge is 0.261 e. The van der Waals surface area contributed by atoms with Crippen LogP contribution in [0.25, 0.3) is 0 Å². The molecule has 1 amide bonds. The largest absolute Gasteiger partial charge is 0.481 e. The Labute approximate surface area is 125 Å². The van der Waals surface area contributed by atoms with Crippen molar-refractivity contribution in [1.82, 2.24) is 4.98 Å². The third-order valence-corrected chi connectivity index (χ3v) is 2.90. The minimum absolute atomic E-state index is 0.0160. The van der Waals surface area contributed by atoms with Gasteiger partial charge in [0.2, 0.25) is 11.8 Å². The number of benzene rings is 1. The van der Waals surface area contributed by atoms with Crippen molar-refractivity contribution in [3.05, 3.63) is 46.7 Å². The molecule has 2 aromatic rings. The number of ether oxygens (including phenoxy) is 2. The lowest BCUT2D eigenvalue weighted by atomic mass is 10.2. The summed E-state index contributed by atoms with van der Waals surface area (Å²) in [7, 11) is 2.83. The van der Waals surface area contributed by atoms with Crippen molar-refractivity contribution in [2.75, 3.05) is 19.5 Å². The van der Waals surface area contributed by atoms with Gasteiger partial charge in [-0.2, -0.15) is 4.98 Å². The molecular weight excluding hydrogens is 299 g/mol. The number of methoxy groups -OCH3 is 2. The van der Waals surface area contributed by atoms with Gasteiger partial charge >= 0.3 is 0 Å². The summed E-state index contributed by atoms with van der Waals surface area (Å²) in [5, 5.41) is 2.68. The normalized spacial score (nSPS) is 10.1. The van der Waals surface area contributed by atoms with Gasteiger partial charge < -0.3 is 14.8 Å². The second kappa shape index (κ2) is 6.41. The molecular formula is C14H12ClFN2O3. The number of pyridine rings is 1. The van der Waals surface area contributed by atoms with E-state index in [1.807, 2.05) is 0 Å². The Bertz CT molecular complexity index is 679. The zero-order valence-electron chi connectivity index (χ0n) is 11.3. The van der Waals surface area contributed by atoms with Crippen LogP contribution in [0.3, 0.4) is 0 Å². The van der Waals surface area contributed by atoms with Crippen molar-refractivity contribution in [2.24, 2.45) is 0 Å². The Morgan fingerprint density at radius 1 is 1.24 bits per heavy atom. The summed E-state index contributed by atoms with van der Waals surface area (Å²) >= 11 is 5.65. The number of nitrogens with zero attached hydrogens (tertiary/aromatic N) is 1. The SMILES string of the molecule is COc1ccc(C(=O)Nc2ccc(Cl)cc2F)c(OC)n1. The first-order chi connectivity index (χ1) is 10.0. The third-order valence-electron chi connectivity index (χ3n) is 2.66. The first-order valence-corrected chi connectivity index (χ1v) is 6.28. The fourth-order valence-electron chi connectivity index (χ4n) is 1.65. The Kier molecular flexibility index (Phi) is 4.59. The van der Waals surface area contributed by atoms with E-state index in [-0.39, 0.29) is 22.2 Å². The molecule has 1 aromatic carbocycles. The summed E-state index contributed by atoms with van der Waals surface area (Å²) in [5.41, 5.74) is 0.176. The van der Waals surface area contributed by atoms with Crippen LogP contribution in [-0.2, 0) is 0 Å². The lowest BCUT2D eigenvalue weighted by Gasteiger charge is -2.10. The Balaban J connectivity index is 2.28. The van der Waals surface area contributed by atoms with Crippen LogP contribution in [0.5, 0.6) is 11.8 Å². The molecule has 0 fully saturated rings. The number of hydrogen-bond acceptors (Lipinski definition) is 4. The Morgan fingerprint density at radius 3 is 2.62 bits per heavy atom. The van der Waals surface area contributed by atoms with E-state index in [1.165, 1.54) is 38.5 Å².